The summed E-state index contributed by atoms with van der Waals surface area (Å²) in [6.07, 6.45) is 7.28. The summed E-state index contributed by atoms with van der Waals surface area (Å²) in [5.74, 6) is 0.775. The van der Waals surface area contributed by atoms with E-state index in [0.29, 0.717) is 53.2 Å². The van der Waals surface area contributed by atoms with Crippen LogP contribution in [-0.4, -0.2) is 56.8 Å². The zero-order valence-corrected chi connectivity index (χ0v) is 18.6. The van der Waals surface area contributed by atoms with Crippen molar-refractivity contribution in [2.75, 3.05) is 31.3 Å². The van der Waals surface area contributed by atoms with Crippen LogP contribution in [0.1, 0.15) is 29.6 Å². The van der Waals surface area contributed by atoms with Gasteiger partial charge < -0.3 is 23.8 Å². The number of rotatable bonds is 7. The van der Waals surface area contributed by atoms with Gasteiger partial charge in [-0.2, -0.15) is 14.8 Å². The second kappa shape index (κ2) is 9.77. The fraction of sp³-hybridized carbons (Fsp3) is 0.429. The summed E-state index contributed by atoms with van der Waals surface area (Å²) in [5.41, 5.74) is 0.142. The van der Waals surface area contributed by atoms with Crippen molar-refractivity contribution in [3.05, 3.63) is 46.8 Å². The number of hydrogen-bond acceptors (Lipinski definition) is 9. The molecule has 0 aromatic carbocycles. The predicted molar refractivity (Wildman–Crippen MR) is 119 cm³/mol. The lowest BCUT2D eigenvalue weighted by atomic mass is 9.94. The number of ether oxygens (including phenoxy) is 1. The minimum Gasteiger partial charge on any atom is -0.481 e. The zero-order chi connectivity index (χ0) is 22.7. The summed E-state index contributed by atoms with van der Waals surface area (Å²) in [4.78, 5) is 50.9. The first-order chi connectivity index (χ1) is 15.5. The van der Waals surface area contributed by atoms with Crippen LogP contribution in [0, 0.1) is 5.92 Å². The molecule has 170 valence electrons. The van der Waals surface area contributed by atoms with E-state index in [1.54, 1.807) is 12.1 Å². The molecule has 3 aromatic heterocycles. The number of hydrogen-bond donors (Lipinski definition) is 2. The Balaban J connectivity index is 1.65. The second-order valence-electron chi connectivity index (χ2n) is 7.83. The molecule has 0 unspecified atom stereocenters. The third-order valence-electron chi connectivity index (χ3n) is 5.76. The molecule has 2 N–H and O–H groups in total. The maximum absolute atomic E-state index is 13.3. The normalized spacial score (nSPS) is 14.9. The summed E-state index contributed by atoms with van der Waals surface area (Å²) in [6.45, 7) is 1.33. The van der Waals surface area contributed by atoms with Crippen molar-refractivity contribution >= 4 is 30.9 Å². The molecule has 0 radical (unpaired) electrons. The number of aromatic nitrogens is 3. The van der Waals surface area contributed by atoms with Crippen LogP contribution in [0.3, 0.4) is 0 Å². The maximum atomic E-state index is 13.3. The van der Waals surface area contributed by atoms with Crippen molar-refractivity contribution < 1.29 is 23.7 Å². The number of fused-ring (bicyclic) bond motifs is 1. The van der Waals surface area contributed by atoms with Gasteiger partial charge in [0.05, 0.1) is 37.6 Å². The average Bonchev–Trinajstić information content (AvgIpc) is 3.30. The molecule has 1 aliphatic heterocycles. The summed E-state index contributed by atoms with van der Waals surface area (Å²) < 4.78 is 11.2. The first-order valence-electron chi connectivity index (χ1n) is 10.4. The number of furan rings is 1. The Bertz CT molecular complexity index is 1140. The van der Waals surface area contributed by atoms with Gasteiger partial charge in [0, 0.05) is 30.7 Å². The van der Waals surface area contributed by atoms with Crippen molar-refractivity contribution in [3.8, 4) is 5.88 Å². The van der Waals surface area contributed by atoms with Crippen LogP contribution in [0.15, 0.2) is 40.1 Å². The molecule has 10 nitrogen and oxygen atoms in total. The molecule has 0 saturated carbocycles. The van der Waals surface area contributed by atoms with Crippen LogP contribution < -0.4 is 15.2 Å². The van der Waals surface area contributed by atoms with E-state index in [1.807, 2.05) is 4.90 Å². The van der Waals surface area contributed by atoms with Gasteiger partial charge in [0.15, 0.2) is 8.38 Å². The fourth-order valence-corrected chi connectivity index (χ4v) is 4.61. The third-order valence-corrected chi connectivity index (χ3v) is 6.42. The highest BCUT2D eigenvalue weighted by Crippen LogP contribution is 2.33. The van der Waals surface area contributed by atoms with E-state index in [9.17, 15) is 19.4 Å². The molecule has 1 aliphatic rings. The van der Waals surface area contributed by atoms with E-state index >= 15 is 0 Å². The maximum Gasteiger partial charge on any atom is 0.285 e. The summed E-state index contributed by atoms with van der Waals surface area (Å²) in [7, 11) is -0.362. The molecular formula is C21H25N4O6P. The first-order valence-corrected chi connectivity index (χ1v) is 11.8. The van der Waals surface area contributed by atoms with Crippen LogP contribution in [0.2, 0.25) is 0 Å². The Hall–Kier alpha value is -2.81. The van der Waals surface area contributed by atoms with E-state index < -0.39 is 19.8 Å². The lowest BCUT2D eigenvalue weighted by Crippen LogP contribution is -2.36. The Kier molecular flexibility index (Phi) is 6.83. The van der Waals surface area contributed by atoms with Crippen LogP contribution in [0.5, 0.6) is 5.88 Å². The zero-order valence-electron chi connectivity index (χ0n) is 17.7. The number of methoxy groups -OCH3 is 1. The Morgan fingerprint density at radius 1 is 1.34 bits per heavy atom. The van der Waals surface area contributed by atoms with Crippen LogP contribution >= 0.6 is 8.38 Å². The Labute approximate surface area is 185 Å². The molecule has 1 fully saturated rings. The number of piperidine rings is 1. The van der Waals surface area contributed by atoms with Gasteiger partial charge in [-0.25, -0.2) is 0 Å². The van der Waals surface area contributed by atoms with Gasteiger partial charge in [0.25, 0.3) is 11.5 Å². The van der Waals surface area contributed by atoms with Crippen molar-refractivity contribution in [2.24, 2.45) is 5.92 Å². The van der Waals surface area contributed by atoms with Crippen LogP contribution in [0.25, 0.3) is 10.8 Å². The van der Waals surface area contributed by atoms with Crippen molar-refractivity contribution in [1.29, 1.82) is 0 Å². The topological polar surface area (TPSA) is 131 Å². The molecular weight excluding hydrogens is 435 g/mol. The molecule has 0 spiro atoms. The number of carbonyl (C=O) groups excluding carboxylic acids is 1. The molecule has 0 amide bonds. The average molecular weight is 460 g/mol. The van der Waals surface area contributed by atoms with Crippen LogP contribution in [-0.2, 0) is 6.42 Å². The quantitative estimate of drug-likeness (QED) is 0.509. The van der Waals surface area contributed by atoms with Crippen molar-refractivity contribution in [3.63, 3.8) is 0 Å². The van der Waals surface area contributed by atoms with Gasteiger partial charge in [-0.3, -0.25) is 9.59 Å². The van der Waals surface area contributed by atoms with Gasteiger partial charge in [-0.1, -0.05) is 0 Å². The lowest BCUT2D eigenvalue weighted by Gasteiger charge is -2.33. The smallest absolute Gasteiger partial charge is 0.285 e. The molecule has 0 bridgehead atoms. The minimum atomic E-state index is -1.87. The SMILES string of the molecule is COc1cc2cnn(C(=O)Cc3ccoc3)c(=O)c2c(N2CCC(CCP(O)O)CC2)n1. The van der Waals surface area contributed by atoms with Gasteiger partial charge in [-0.15, -0.1) is 0 Å². The molecule has 4 heterocycles. The molecule has 0 aliphatic carbocycles. The number of pyridine rings is 1. The van der Waals surface area contributed by atoms with Crippen molar-refractivity contribution in [2.45, 2.75) is 25.7 Å². The summed E-state index contributed by atoms with van der Waals surface area (Å²) >= 11 is 0. The first kappa shape index (κ1) is 22.4. The van der Waals surface area contributed by atoms with E-state index in [1.165, 1.54) is 25.8 Å². The van der Waals surface area contributed by atoms with E-state index in [-0.39, 0.29) is 6.42 Å². The largest absolute Gasteiger partial charge is 0.481 e. The van der Waals surface area contributed by atoms with Gasteiger partial charge in [-0.05, 0) is 36.8 Å². The molecule has 4 rings (SSSR count). The molecule has 3 aromatic rings. The third kappa shape index (κ3) is 4.82. The van der Waals surface area contributed by atoms with E-state index in [0.717, 1.165) is 23.9 Å². The highest BCUT2D eigenvalue weighted by atomic mass is 31.2. The van der Waals surface area contributed by atoms with Gasteiger partial charge in [0.2, 0.25) is 5.88 Å². The van der Waals surface area contributed by atoms with Crippen LogP contribution in [0.4, 0.5) is 5.82 Å². The predicted octanol–water partition coefficient (Wildman–Crippen LogP) is 2.18. The standard InChI is InChI=1S/C21H25N4O6P/c1-30-17-11-16-12-22-25(18(26)10-15-4-8-31-13-15)21(27)19(16)20(23-17)24-6-2-14(3-7-24)5-9-32(28)29/h4,8,11-14,28-29H,2-3,5-7,9-10H2,1H3. The molecule has 1 saturated heterocycles. The van der Waals surface area contributed by atoms with E-state index in [4.69, 9.17) is 9.15 Å². The van der Waals surface area contributed by atoms with Crippen molar-refractivity contribution in [1.82, 2.24) is 14.8 Å². The lowest BCUT2D eigenvalue weighted by molar-refractivity contribution is 0.0892. The molecule has 0 atom stereocenters. The number of anilines is 1. The summed E-state index contributed by atoms with van der Waals surface area (Å²) in [6, 6.07) is 3.30. The Morgan fingerprint density at radius 3 is 2.78 bits per heavy atom. The van der Waals surface area contributed by atoms with Gasteiger partial charge in [0.1, 0.15) is 5.82 Å². The minimum absolute atomic E-state index is 0.00250. The molecule has 32 heavy (non-hydrogen) atoms. The number of carbonyl (C=O) groups is 1. The fourth-order valence-electron chi connectivity index (χ4n) is 4.01. The second-order valence-corrected chi connectivity index (χ2v) is 9.02. The number of nitrogens with zero attached hydrogens (tertiary/aromatic N) is 4. The monoisotopic (exact) mass is 460 g/mol. The highest BCUT2D eigenvalue weighted by molar-refractivity contribution is 7.45. The van der Waals surface area contributed by atoms with E-state index in [2.05, 4.69) is 10.1 Å². The molecule has 11 heteroatoms. The highest BCUT2D eigenvalue weighted by Gasteiger charge is 2.25. The Morgan fingerprint density at radius 2 is 2.12 bits per heavy atom. The summed E-state index contributed by atoms with van der Waals surface area (Å²) in [5, 5.41) is 4.96. The van der Waals surface area contributed by atoms with Gasteiger partial charge >= 0.3 is 0 Å².